The Hall–Kier alpha value is -0.240. The van der Waals surface area contributed by atoms with Gasteiger partial charge in [0.2, 0.25) is 0 Å². The van der Waals surface area contributed by atoms with Crippen LogP contribution in [-0.4, -0.2) is 95.5 Å². The third-order valence-corrected chi connectivity index (χ3v) is 5.17. The van der Waals surface area contributed by atoms with E-state index in [-0.39, 0.29) is 0 Å². The van der Waals surface area contributed by atoms with Crippen LogP contribution in [-0.2, 0) is 14.2 Å². The fourth-order valence-corrected chi connectivity index (χ4v) is 3.68. The van der Waals surface area contributed by atoms with Crippen LogP contribution in [0.1, 0.15) is 57.8 Å². The van der Waals surface area contributed by atoms with E-state index in [0.29, 0.717) is 0 Å². The van der Waals surface area contributed by atoms with Crippen molar-refractivity contribution in [3.63, 3.8) is 0 Å². The Kier molecular flexibility index (Phi) is 16.4. The Morgan fingerprint density at radius 1 is 0.444 bits per heavy atom. The van der Waals surface area contributed by atoms with Gasteiger partial charge < -0.3 is 14.2 Å². The second-order valence-electron chi connectivity index (χ2n) is 7.77. The second-order valence-corrected chi connectivity index (χ2v) is 7.77. The molecule has 1 fully saturated rings. The SMILES string of the molecule is COCCCCCN1CN(CCCCCOC)CN(CCCCCOC)C1. The summed E-state index contributed by atoms with van der Waals surface area (Å²) in [7, 11) is 5.37. The average molecular weight is 388 g/mol. The lowest BCUT2D eigenvalue weighted by Crippen LogP contribution is -2.55. The lowest BCUT2D eigenvalue weighted by atomic mass is 10.2. The van der Waals surface area contributed by atoms with Gasteiger partial charge in [-0.2, -0.15) is 0 Å². The molecule has 0 saturated carbocycles. The average Bonchev–Trinajstić information content (AvgIpc) is 2.67. The van der Waals surface area contributed by atoms with Crippen molar-refractivity contribution in [2.24, 2.45) is 0 Å². The Bertz CT molecular complexity index is 267. The molecule has 0 bridgehead atoms. The highest BCUT2D eigenvalue weighted by molar-refractivity contribution is 4.70. The Morgan fingerprint density at radius 3 is 1.00 bits per heavy atom. The number of nitrogens with zero attached hydrogens (tertiary/aromatic N) is 3. The van der Waals surface area contributed by atoms with E-state index in [2.05, 4.69) is 14.7 Å². The van der Waals surface area contributed by atoms with Gasteiger partial charge in [-0.25, -0.2) is 0 Å². The van der Waals surface area contributed by atoms with Crippen molar-refractivity contribution in [1.82, 2.24) is 14.7 Å². The summed E-state index contributed by atoms with van der Waals surface area (Å²) in [5, 5.41) is 0. The number of rotatable bonds is 18. The van der Waals surface area contributed by atoms with E-state index in [0.717, 1.165) is 39.8 Å². The summed E-state index contributed by atoms with van der Waals surface area (Å²) in [6.45, 7) is 9.62. The molecule has 0 radical (unpaired) electrons. The van der Waals surface area contributed by atoms with Gasteiger partial charge in [-0.15, -0.1) is 0 Å². The fraction of sp³-hybridized carbons (Fsp3) is 1.00. The molecule has 0 aromatic heterocycles. The summed E-state index contributed by atoms with van der Waals surface area (Å²) in [4.78, 5) is 7.88. The summed E-state index contributed by atoms with van der Waals surface area (Å²) in [5.74, 6) is 0. The molecule has 1 aliphatic rings. The molecule has 27 heavy (non-hydrogen) atoms. The molecule has 1 aliphatic heterocycles. The lowest BCUT2D eigenvalue weighted by Gasteiger charge is -2.42. The molecule has 162 valence electrons. The molecule has 0 atom stereocenters. The van der Waals surface area contributed by atoms with Crippen LogP contribution in [0.25, 0.3) is 0 Å². The van der Waals surface area contributed by atoms with E-state index < -0.39 is 0 Å². The van der Waals surface area contributed by atoms with Gasteiger partial charge in [-0.3, -0.25) is 14.7 Å². The molecule has 0 aromatic carbocycles. The van der Waals surface area contributed by atoms with Crippen LogP contribution < -0.4 is 0 Å². The van der Waals surface area contributed by atoms with Gasteiger partial charge in [0, 0.05) is 60.8 Å². The van der Waals surface area contributed by atoms with E-state index in [4.69, 9.17) is 14.2 Å². The van der Waals surface area contributed by atoms with Crippen molar-refractivity contribution < 1.29 is 14.2 Å². The van der Waals surface area contributed by atoms with Crippen molar-refractivity contribution in [2.45, 2.75) is 57.8 Å². The van der Waals surface area contributed by atoms with Crippen molar-refractivity contribution in [2.75, 3.05) is 80.8 Å². The van der Waals surface area contributed by atoms with E-state index in [1.807, 2.05) is 0 Å². The zero-order valence-electron chi connectivity index (χ0n) is 18.3. The predicted molar refractivity (Wildman–Crippen MR) is 112 cm³/mol. The Balaban J connectivity index is 2.31. The second kappa shape index (κ2) is 17.8. The molecule has 0 N–H and O–H groups in total. The zero-order chi connectivity index (χ0) is 19.6. The number of hydrogen-bond acceptors (Lipinski definition) is 6. The normalized spacial score (nSPS) is 17.0. The first-order valence-electron chi connectivity index (χ1n) is 10.9. The van der Waals surface area contributed by atoms with E-state index in [1.165, 1.54) is 77.4 Å². The summed E-state index contributed by atoms with van der Waals surface area (Å²) < 4.78 is 15.5. The molecule has 0 spiro atoms. The number of unbranched alkanes of at least 4 members (excludes halogenated alkanes) is 6. The molecule has 0 aromatic rings. The van der Waals surface area contributed by atoms with Gasteiger partial charge in [0.1, 0.15) is 0 Å². The minimum Gasteiger partial charge on any atom is -0.385 e. The van der Waals surface area contributed by atoms with Crippen LogP contribution in [0.3, 0.4) is 0 Å². The molecule has 0 amide bonds. The molecule has 1 saturated heterocycles. The molecular formula is C21H45N3O3. The first-order valence-corrected chi connectivity index (χ1v) is 10.9. The topological polar surface area (TPSA) is 37.4 Å². The van der Waals surface area contributed by atoms with Gasteiger partial charge in [-0.1, -0.05) is 0 Å². The van der Waals surface area contributed by atoms with Gasteiger partial charge in [-0.05, 0) is 57.8 Å². The summed E-state index contributed by atoms with van der Waals surface area (Å²) in [5.41, 5.74) is 0. The van der Waals surface area contributed by atoms with Crippen LogP contribution >= 0.6 is 0 Å². The third kappa shape index (κ3) is 13.6. The molecule has 6 nitrogen and oxygen atoms in total. The maximum atomic E-state index is 5.16. The highest BCUT2D eigenvalue weighted by atomic mass is 16.5. The predicted octanol–water partition coefficient (Wildman–Crippen LogP) is 3.23. The quantitative estimate of drug-likeness (QED) is 0.336. The number of ether oxygens (including phenoxy) is 3. The largest absolute Gasteiger partial charge is 0.385 e. The van der Waals surface area contributed by atoms with Gasteiger partial charge >= 0.3 is 0 Å². The van der Waals surface area contributed by atoms with Crippen LogP contribution in [0.4, 0.5) is 0 Å². The fourth-order valence-electron chi connectivity index (χ4n) is 3.68. The van der Waals surface area contributed by atoms with Crippen molar-refractivity contribution in [1.29, 1.82) is 0 Å². The standard InChI is InChI=1S/C21H45N3O3/c1-25-16-10-4-7-13-22-19-23(14-8-5-11-17-26-2)21-24(20-22)15-9-6-12-18-27-3/h4-21H2,1-3H3. The van der Waals surface area contributed by atoms with Crippen LogP contribution in [0.2, 0.25) is 0 Å². The maximum absolute atomic E-state index is 5.16. The first-order chi connectivity index (χ1) is 13.3. The van der Waals surface area contributed by atoms with E-state index in [9.17, 15) is 0 Å². The highest BCUT2D eigenvalue weighted by Gasteiger charge is 2.22. The van der Waals surface area contributed by atoms with Crippen LogP contribution in [0.15, 0.2) is 0 Å². The summed E-state index contributed by atoms with van der Waals surface area (Å²) in [6, 6.07) is 0. The van der Waals surface area contributed by atoms with Gasteiger partial charge in [0.05, 0.1) is 20.0 Å². The maximum Gasteiger partial charge on any atom is 0.0529 e. The van der Waals surface area contributed by atoms with E-state index >= 15 is 0 Å². The molecule has 1 rings (SSSR count). The Morgan fingerprint density at radius 2 is 0.741 bits per heavy atom. The first kappa shape index (κ1) is 24.8. The minimum absolute atomic E-state index is 0.890. The zero-order valence-corrected chi connectivity index (χ0v) is 18.3. The number of hydrogen-bond donors (Lipinski definition) is 0. The van der Waals surface area contributed by atoms with E-state index in [1.54, 1.807) is 21.3 Å². The molecule has 0 unspecified atom stereocenters. The molecule has 1 heterocycles. The molecule has 6 heteroatoms. The van der Waals surface area contributed by atoms with Crippen molar-refractivity contribution in [3.8, 4) is 0 Å². The summed E-state index contributed by atoms with van der Waals surface area (Å²) in [6.07, 6.45) is 11.1. The molecular weight excluding hydrogens is 342 g/mol. The lowest BCUT2D eigenvalue weighted by molar-refractivity contribution is -0.0315. The Labute approximate surface area is 168 Å². The van der Waals surface area contributed by atoms with Crippen LogP contribution in [0.5, 0.6) is 0 Å². The van der Waals surface area contributed by atoms with Crippen LogP contribution in [0, 0.1) is 0 Å². The molecule has 0 aliphatic carbocycles. The minimum atomic E-state index is 0.890. The smallest absolute Gasteiger partial charge is 0.0529 e. The highest BCUT2D eigenvalue weighted by Crippen LogP contribution is 2.12. The summed E-state index contributed by atoms with van der Waals surface area (Å²) >= 11 is 0. The van der Waals surface area contributed by atoms with Gasteiger partial charge in [0.15, 0.2) is 0 Å². The van der Waals surface area contributed by atoms with Gasteiger partial charge in [0.25, 0.3) is 0 Å². The van der Waals surface area contributed by atoms with Crippen molar-refractivity contribution >= 4 is 0 Å². The third-order valence-electron chi connectivity index (χ3n) is 5.17. The monoisotopic (exact) mass is 387 g/mol. The van der Waals surface area contributed by atoms with Crippen molar-refractivity contribution in [3.05, 3.63) is 0 Å². The number of methoxy groups -OCH3 is 3.